The lowest BCUT2D eigenvalue weighted by atomic mass is 10.2. The fourth-order valence-electron chi connectivity index (χ4n) is 1.69. The molecule has 0 aliphatic rings. The molecule has 1 atom stereocenters. The Labute approximate surface area is 124 Å². The van der Waals surface area contributed by atoms with Gasteiger partial charge in [-0.25, -0.2) is 4.79 Å². The maximum Gasteiger partial charge on any atom is 0.332 e. The van der Waals surface area contributed by atoms with Gasteiger partial charge in [-0.1, -0.05) is 18.2 Å². The lowest BCUT2D eigenvalue weighted by molar-refractivity contribution is -0.150. The van der Waals surface area contributed by atoms with E-state index in [2.05, 4.69) is 0 Å². The minimum absolute atomic E-state index is 0.194. The van der Waals surface area contributed by atoms with E-state index in [1.54, 1.807) is 14.0 Å². The molecule has 0 spiro atoms. The number of aryl methyl sites for hydroxylation is 1. The van der Waals surface area contributed by atoms with Gasteiger partial charge < -0.3 is 20.1 Å². The van der Waals surface area contributed by atoms with E-state index in [0.717, 1.165) is 11.3 Å². The number of nitrogens with two attached hydrogens (primary N) is 1. The highest BCUT2D eigenvalue weighted by Gasteiger charge is 2.26. The van der Waals surface area contributed by atoms with Crippen LogP contribution in [0.4, 0.5) is 0 Å². The number of ether oxygens (including phenoxy) is 2. The van der Waals surface area contributed by atoms with Crippen LogP contribution in [-0.2, 0) is 14.3 Å². The van der Waals surface area contributed by atoms with E-state index in [1.807, 2.05) is 31.2 Å². The number of rotatable bonds is 7. The zero-order valence-electron chi connectivity index (χ0n) is 12.7. The van der Waals surface area contributed by atoms with Gasteiger partial charge in [0, 0.05) is 7.05 Å². The highest BCUT2D eigenvalue weighted by molar-refractivity contribution is 6.01. The highest BCUT2D eigenvalue weighted by Crippen LogP contribution is 2.15. The van der Waals surface area contributed by atoms with E-state index in [0.29, 0.717) is 13.2 Å². The predicted octanol–water partition coefficient (Wildman–Crippen LogP) is 0.723. The first-order valence-corrected chi connectivity index (χ1v) is 6.83. The number of esters is 1. The average Bonchev–Trinajstić information content (AvgIpc) is 2.47. The van der Waals surface area contributed by atoms with Crippen molar-refractivity contribution in [3.8, 4) is 5.75 Å². The Balaban J connectivity index is 2.43. The Hall–Kier alpha value is -2.08. The first-order valence-electron chi connectivity index (χ1n) is 6.83. The molecule has 116 valence electrons. The molecule has 1 amide bonds. The van der Waals surface area contributed by atoms with Crippen molar-refractivity contribution < 1.29 is 19.1 Å². The third-order valence-electron chi connectivity index (χ3n) is 2.96. The second kappa shape index (κ2) is 8.26. The van der Waals surface area contributed by atoms with Crippen LogP contribution in [0.1, 0.15) is 12.5 Å². The van der Waals surface area contributed by atoms with Crippen LogP contribution in [-0.4, -0.2) is 49.6 Å². The first kappa shape index (κ1) is 17.0. The van der Waals surface area contributed by atoms with Crippen molar-refractivity contribution in [2.24, 2.45) is 5.73 Å². The Morgan fingerprint density at radius 2 is 2.00 bits per heavy atom. The fourth-order valence-corrected chi connectivity index (χ4v) is 1.69. The van der Waals surface area contributed by atoms with Crippen LogP contribution in [0.3, 0.4) is 0 Å². The summed E-state index contributed by atoms with van der Waals surface area (Å²) in [4.78, 5) is 24.7. The molecule has 1 rings (SSSR count). The molecule has 6 heteroatoms. The molecule has 0 fully saturated rings. The minimum Gasteiger partial charge on any atom is -0.491 e. The van der Waals surface area contributed by atoms with Crippen molar-refractivity contribution in [1.82, 2.24) is 4.90 Å². The molecule has 0 saturated carbocycles. The van der Waals surface area contributed by atoms with E-state index in [1.165, 1.54) is 4.90 Å². The monoisotopic (exact) mass is 294 g/mol. The highest BCUT2D eigenvalue weighted by atomic mass is 16.5. The van der Waals surface area contributed by atoms with Gasteiger partial charge in [0.25, 0.3) is 5.91 Å². The quantitative estimate of drug-likeness (QED) is 0.592. The SMILES string of the molecule is CCOC(=O)C(N)C(=O)N(C)CCOc1ccccc1C. The molecule has 0 aliphatic heterocycles. The molecule has 0 heterocycles. The Morgan fingerprint density at radius 1 is 1.33 bits per heavy atom. The number of para-hydroxylation sites is 1. The number of amides is 1. The fraction of sp³-hybridized carbons (Fsp3) is 0.467. The molecule has 1 aromatic carbocycles. The van der Waals surface area contributed by atoms with Gasteiger partial charge in [0.2, 0.25) is 0 Å². The third kappa shape index (κ3) is 5.07. The smallest absolute Gasteiger partial charge is 0.332 e. The molecule has 1 aromatic rings. The molecule has 0 radical (unpaired) electrons. The summed E-state index contributed by atoms with van der Waals surface area (Å²) in [7, 11) is 1.57. The first-order chi connectivity index (χ1) is 9.97. The maximum atomic E-state index is 11.9. The van der Waals surface area contributed by atoms with E-state index in [9.17, 15) is 9.59 Å². The number of benzene rings is 1. The molecule has 21 heavy (non-hydrogen) atoms. The summed E-state index contributed by atoms with van der Waals surface area (Å²) in [6.45, 7) is 4.46. The predicted molar refractivity (Wildman–Crippen MR) is 78.9 cm³/mol. The lowest BCUT2D eigenvalue weighted by Gasteiger charge is -2.20. The molecule has 6 nitrogen and oxygen atoms in total. The summed E-state index contributed by atoms with van der Waals surface area (Å²) in [5.74, 6) is -0.427. The normalized spacial score (nSPS) is 11.6. The van der Waals surface area contributed by atoms with E-state index in [-0.39, 0.29) is 6.61 Å². The Morgan fingerprint density at radius 3 is 2.62 bits per heavy atom. The molecular weight excluding hydrogens is 272 g/mol. The number of likely N-dealkylation sites (N-methyl/N-ethyl adjacent to an activating group) is 1. The average molecular weight is 294 g/mol. The van der Waals surface area contributed by atoms with Crippen LogP contribution in [0.2, 0.25) is 0 Å². The Kier molecular flexibility index (Phi) is 6.68. The topological polar surface area (TPSA) is 81.9 Å². The lowest BCUT2D eigenvalue weighted by Crippen LogP contribution is -2.48. The largest absolute Gasteiger partial charge is 0.491 e. The van der Waals surface area contributed by atoms with Gasteiger partial charge >= 0.3 is 5.97 Å². The second-order valence-electron chi connectivity index (χ2n) is 4.60. The minimum atomic E-state index is -1.28. The molecule has 0 bridgehead atoms. The van der Waals surface area contributed by atoms with Crippen molar-refractivity contribution >= 4 is 11.9 Å². The summed E-state index contributed by atoms with van der Waals surface area (Å²) in [6, 6.07) is 6.33. The molecular formula is C15H22N2O4. The van der Waals surface area contributed by atoms with Crippen LogP contribution in [0, 0.1) is 6.92 Å². The molecule has 2 N–H and O–H groups in total. The maximum absolute atomic E-state index is 11.9. The van der Waals surface area contributed by atoms with Gasteiger partial charge in [-0.3, -0.25) is 4.79 Å². The van der Waals surface area contributed by atoms with Crippen LogP contribution < -0.4 is 10.5 Å². The van der Waals surface area contributed by atoms with Gasteiger partial charge in [-0.15, -0.1) is 0 Å². The van der Waals surface area contributed by atoms with Crippen molar-refractivity contribution in [2.45, 2.75) is 19.9 Å². The van der Waals surface area contributed by atoms with Crippen LogP contribution >= 0.6 is 0 Å². The van der Waals surface area contributed by atoms with Gasteiger partial charge in [0.1, 0.15) is 12.4 Å². The zero-order chi connectivity index (χ0) is 15.8. The van der Waals surface area contributed by atoms with Gasteiger partial charge in [-0.2, -0.15) is 0 Å². The molecule has 1 unspecified atom stereocenters. The van der Waals surface area contributed by atoms with E-state index >= 15 is 0 Å². The van der Waals surface area contributed by atoms with Crippen molar-refractivity contribution in [2.75, 3.05) is 26.8 Å². The van der Waals surface area contributed by atoms with Gasteiger partial charge in [0.15, 0.2) is 6.04 Å². The summed E-state index contributed by atoms with van der Waals surface area (Å²) in [6.07, 6.45) is 0. The number of carbonyl (C=O) groups is 2. The summed E-state index contributed by atoms with van der Waals surface area (Å²) >= 11 is 0. The number of nitrogens with zero attached hydrogens (tertiary/aromatic N) is 1. The van der Waals surface area contributed by atoms with Crippen molar-refractivity contribution in [3.05, 3.63) is 29.8 Å². The van der Waals surface area contributed by atoms with Gasteiger partial charge in [0.05, 0.1) is 13.2 Å². The number of hydrogen-bond donors (Lipinski definition) is 1. The number of hydrogen-bond acceptors (Lipinski definition) is 5. The van der Waals surface area contributed by atoms with Crippen LogP contribution in [0.5, 0.6) is 5.75 Å². The zero-order valence-corrected chi connectivity index (χ0v) is 12.7. The van der Waals surface area contributed by atoms with Crippen molar-refractivity contribution in [3.63, 3.8) is 0 Å². The van der Waals surface area contributed by atoms with Crippen LogP contribution in [0.15, 0.2) is 24.3 Å². The molecule has 0 saturated heterocycles. The van der Waals surface area contributed by atoms with Gasteiger partial charge in [-0.05, 0) is 25.5 Å². The van der Waals surface area contributed by atoms with Crippen molar-refractivity contribution in [1.29, 1.82) is 0 Å². The summed E-state index contributed by atoms with van der Waals surface area (Å²) in [5.41, 5.74) is 6.57. The third-order valence-corrected chi connectivity index (χ3v) is 2.96. The van der Waals surface area contributed by atoms with E-state index in [4.69, 9.17) is 15.2 Å². The Bertz CT molecular complexity index is 490. The summed E-state index contributed by atoms with van der Waals surface area (Å²) < 4.78 is 10.3. The standard InChI is InChI=1S/C15H22N2O4/c1-4-20-15(19)13(16)14(18)17(3)9-10-21-12-8-6-5-7-11(12)2/h5-8,13H,4,9-10,16H2,1-3H3. The molecule has 0 aromatic heterocycles. The van der Waals surface area contributed by atoms with Crippen LogP contribution in [0.25, 0.3) is 0 Å². The molecule has 0 aliphatic carbocycles. The summed E-state index contributed by atoms with van der Waals surface area (Å²) in [5, 5.41) is 0. The number of carbonyl (C=O) groups excluding carboxylic acids is 2. The second-order valence-corrected chi connectivity index (χ2v) is 4.60. The van der Waals surface area contributed by atoms with E-state index < -0.39 is 17.9 Å².